The number of halogens is 1. The highest BCUT2D eigenvalue weighted by Crippen LogP contribution is 2.35. The monoisotopic (exact) mass is 392 g/mol. The normalized spacial score (nSPS) is 11.8. The molecular weight excluding hydrogens is 372 g/mol. The molecule has 0 aromatic heterocycles. The molecule has 0 aliphatic heterocycles. The van der Waals surface area contributed by atoms with E-state index in [9.17, 15) is 0 Å². The fraction of sp³-hybridized carbons (Fsp3) is 0.130. The lowest BCUT2D eigenvalue weighted by Gasteiger charge is -2.17. The summed E-state index contributed by atoms with van der Waals surface area (Å²) in [5, 5.41) is 0.920. The molecule has 0 radical (unpaired) electrons. The number of ether oxygens (including phenoxy) is 1. The summed E-state index contributed by atoms with van der Waals surface area (Å²) in [7, 11) is 1.70. The average Bonchev–Trinajstić information content (AvgIpc) is 2.69. The van der Waals surface area contributed by atoms with Gasteiger partial charge in [-0.25, -0.2) is 0 Å². The van der Waals surface area contributed by atoms with E-state index in [1.165, 1.54) is 27.8 Å². The van der Waals surface area contributed by atoms with Gasteiger partial charge in [0.25, 0.3) is 0 Å². The van der Waals surface area contributed by atoms with Gasteiger partial charge in [0, 0.05) is 5.33 Å². The Morgan fingerprint density at radius 2 is 1.24 bits per heavy atom. The third-order valence-corrected chi connectivity index (χ3v) is 4.61. The largest absolute Gasteiger partial charge is 0.497 e. The van der Waals surface area contributed by atoms with Gasteiger partial charge >= 0.3 is 0 Å². The Morgan fingerprint density at radius 1 is 0.720 bits per heavy atom. The Bertz CT molecular complexity index is 821. The summed E-state index contributed by atoms with van der Waals surface area (Å²) >= 11 is 3.63. The molecule has 0 heterocycles. The molecule has 0 saturated carbocycles. The van der Waals surface area contributed by atoms with E-state index in [2.05, 4.69) is 88.7 Å². The van der Waals surface area contributed by atoms with Gasteiger partial charge in [-0.1, -0.05) is 88.7 Å². The summed E-state index contributed by atoms with van der Waals surface area (Å²) in [6.07, 6.45) is 0.959. The molecule has 0 fully saturated rings. The van der Waals surface area contributed by atoms with E-state index in [4.69, 9.17) is 4.74 Å². The highest BCUT2D eigenvalue weighted by molar-refractivity contribution is 9.09. The zero-order chi connectivity index (χ0) is 17.5. The van der Waals surface area contributed by atoms with Gasteiger partial charge in [0.05, 0.1) is 7.11 Å². The predicted molar refractivity (Wildman–Crippen MR) is 110 cm³/mol. The van der Waals surface area contributed by atoms with E-state index < -0.39 is 0 Å². The lowest BCUT2D eigenvalue weighted by molar-refractivity contribution is 0.415. The molecule has 3 rings (SSSR count). The van der Waals surface area contributed by atoms with E-state index in [-0.39, 0.29) is 0 Å². The van der Waals surface area contributed by atoms with Crippen molar-refractivity contribution in [3.63, 3.8) is 0 Å². The van der Waals surface area contributed by atoms with Crippen molar-refractivity contribution in [2.75, 3.05) is 12.4 Å². The molecule has 0 amide bonds. The first-order valence-electron chi connectivity index (χ1n) is 8.38. The maximum Gasteiger partial charge on any atom is 0.118 e. The summed E-state index contributed by atoms with van der Waals surface area (Å²) in [5.41, 5.74) is 6.30. The SMILES string of the molecule is COc1ccc(C(=C(CCBr)c2ccccc2)c2ccccc2)cc1. The second kappa shape index (κ2) is 8.68. The van der Waals surface area contributed by atoms with Gasteiger partial charge in [0.15, 0.2) is 0 Å². The lowest BCUT2D eigenvalue weighted by atomic mass is 9.88. The number of allylic oxidation sites excluding steroid dienone is 1. The first-order valence-corrected chi connectivity index (χ1v) is 9.50. The molecular formula is C23H21BrO. The molecule has 0 aliphatic carbocycles. The van der Waals surface area contributed by atoms with Crippen LogP contribution < -0.4 is 4.74 Å². The van der Waals surface area contributed by atoms with Crippen molar-refractivity contribution in [3.05, 3.63) is 102 Å². The Kier molecular flexibility index (Phi) is 6.08. The minimum atomic E-state index is 0.873. The standard InChI is InChI=1S/C23H21BrO/c1-25-21-14-12-20(13-15-21)23(19-10-6-3-7-11-19)22(16-17-24)18-8-4-2-5-9-18/h2-15H,16-17H2,1H3. The third-order valence-electron chi connectivity index (χ3n) is 4.21. The third kappa shape index (κ3) is 4.21. The van der Waals surface area contributed by atoms with E-state index in [1.807, 2.05) is 12.1 Å². The van der Waals surface area contributed by atoms with E-state index in [0.717, 1.165) is 17.5 Å². The summed E-state index contributed by atoms with van der Waals surface area (Å²) in [4.78, 5) is 0. The molecule has 0 bridgehead atoms. The first-order chi connectivity index (χ1) is 12.3. The van der Waals surface area contributed by atoms with Crippen LogP contribution in [0.25, 0.3) is 11.1 Å². The molecule has 2 heteroatoms. The van der Waals surface area contributed by atoms with Gasteiger partial charge in [0.2, 0.25) is 0 Å². The van der Waals surface area contributed by atoms with Crippen molar-refractivity contribution in [3.8, 4) is 5.75 Å². The molecule has 0 unspecified atom stereocenters. The maximum atomic E-state index is 5.32. The molecule has 0 N–H and O–H groups in total. The van der Waals surface area contributed by atoms with Crippen LogP contribution in [-0.4, -0.2) is 12.4 Å². The predicted octanol–water partition coefficient (Wildman–Crippen LogP) is 6.44. The summed E-state index contributed by atoms with van der Waals surface area (Å²) in [6, 6.07) is 29.5. The average molecular weight is 393 g/mol. The molecule has 0 saturated heterocycles. The topological polar surface area (TPSA) is 9.23 Å². The van der Waals surface area contributed by atoms with Crippen LogP contribution in [-0.2, 0) is 0 Å². The van der Waals surface area contributed by atoms with Crippen molar-refractivity contribution in [2.24, 2.45) is 0 Å². The van der Waals surface area contributed by atoms with Crippen LogP contribution >= 0.6 is 15.9 Å². The van der Waals surface area contributed by atoms with Gasteiger partial charge in [-0.15, -0.1) is 0 Å². The first kappa shape index (κ1) is 17.5. The number of benzene rings is 3. The Hall–Kier alpha value is -2.32. The van der Waals surface area contributed by atoms with Crippen LogP contribution in [0.15, 0.2) is 84.9 Å². The van der Waals surface area contributed by atoms with Gasteiger partial charge in [0.1, 0.15) is 5.75 Å². The highest BCUT2D eigenvalue weighted by atomic mass is 79.9. The summed E-state index contributed by atoms with van der Waals surface area (Å²) in [6.45, 7) is 0. The van der Waals surface area contributed by atoms with E-state index in [1.54, 1.807) is 7.11 Å². The Balaban J connectivity index is 2.23. The van der Waals surface area contributed by atoms with Crippen LogP contribution in [0.1, 0.15) is 23.1 Å². The number of alkyl halides is 1. The molecule has 25 heavy (non-hydrogen) atoms. The quantitative estimate of drug-likeness (QED) is 0.346. The fourth-order valence-electron chi connectivity index (χ4n) is 3.03. The molecule has 3 aromatic rings. The van der Waals surface area contributed by atoms with Gasteiger partial charge in [-0.05, 0) is 46.4 Å². The maximum absolute atomic E-state index is 5.32. The molecule has 0 atom stereocenters. The zero-order valence-corrected chi connectivity index (χ0v) is 15.9. The van der Waals surface area contributed by atoms with E-state index >= 15 is 0 Å². The van der Waals surface area contributed by atoms with Gasteiger partial charge in [-0.3, -0.25) is 0 Å². The number of hydrogen-bond donors (Lipinski definition) is 0. The number of methoxy groups -OCH3 is 1. The Labute approximate surface area is 158 Å². The molecule has 3 aromatic carbocycles. The van der Waals surface area contributed by atoms with Crippen molar-refractivity contribution < 1.29 is 4.74 Å². The smallest absolute Gasteiger partial charge is 0.118 e. The summed E-state index contributed by atoms with van der Waals surface area (Å²) < 4.78 is 5.32. The number of hydrogen-bond acceptors (Lipinski definition) is 1. The van der Waals surface area contributed by atoms with Crippen LogP contribution in [0, 0.1) is 0 Å². The molecule has 0 aliphatic rings. The van der Waals surface area contributed by atoms with Crippen LogP contribution in [0.3, 0.4) is 0 Å². The second-order valence-corrected chi connectivity index (χ2v) is 6.55. The van der Waals surface area contributed by atoms with Crippen molar-refractivity contribution >= 4 is 27.1 Å². The zero-order valence-electron chi connectivity index (χ0n) is 14.3. The highest BCUT2D eigenvalue weighted by Gasteiger charge is 2.13. The van der Waals surface area contributed by atoms with Gasteiger partial charge in [-0.2, -0.15) is 0 Å². The van der Waals surface area contributed by atoms with Gasteiger partial charge < -0.3 is 4.74 Å². The minimum absolute atomic E-state index is 0.873. The Morgan fingerprint density at radius 3 is 1.76 bits per heavy atom. The lowest BCUT2D eigenvalue weighted by Crippen LogP contribution is -1.96. The van der Waals surface area contributed by atoms with Crippen LogP contribution in [0.2, 0.25) is 0 Å². The minimum Gasteiger partial charge on any atom is -0.497 e. The van der Waals surface area contributed by atoms with Crippen LogP contribution in [0.4, 0.5) is 0 Å². The van der Waals surface area contributed by atoms with Crippen molar-refractivity contribution in [1.29, 1.82) is 0 Å². The van der Waals surface area contributed by atoms with Crippen molar-refractivity contribution in [1.82, 2.24) is 0 Å². The molecule has 0 spiro atoms. The van der Waals surface area contributed by atoms with Crippen molar-refractivity contribution in [2.45, 2.75) is 6.42 Å². The fourth-order valence-corrected chi connectivity index (χ4v) is 3.42. The van der Waals surface area contributed by atoms with Crippen LogP contribution in [0.5, 0.6) is 5.75 Å². The second-order valence-electron chi connectivity index (χ2n) is 5.75. The number of rotatable bonds is 6. The molecule has 1 nitrogen and oxygen atoms in total. The molecule has 126 valence electrons. The summed E-state index contributed by atoms with van der Waals surface area (Å²) in [5.74, 6) is 0.873. The van der Waals surface area contributed by atoms with E-state index in [0.29, 0.717) is 0 Å².